The second-order valence-electron chi connectivity index (χ2n) is 10.1. The van der Waals surface area contributed by atoms with Crippen LogP contribution in [-0.4, -0.2) is 34.0 Å². The number of hydrogen-bond acceptors (Lipinski definition) is 3. The number of carbonyl (C=O) groups is 2. The summed E-state index contributed by atoms with van der Waals surface area (Å²) >= 11 is 5.99. The summed E-state index contributed by atoms with van der Waals surface area (Å²) in [6.07, 6.45) is 1.34. The second-order valence-corrected chi connectivity index (χ2v) is 10.6. The van der Waals surface area contributed by atoms with Crippen LogP contribution in [0.4, 0.5) is 0 Å². The van der Waals surface area contributed by atoms with Crippen LogP contribution in [0, 0.1) is 0 Å². The quantitative estimate of drug-likeness (QED) is 0.359. The van der Waals surface area contributed by atoms with Crippen LogP contribution < -0.4 is 4.74 Å². The largest absolute Gasteiger partial charge is 0.487 e. The smallest absolute Gasteiger partial charge is 0.305 e. The zero-order valence-corrected chi connectivity index (χ0v) is 21.7. The van der Waals surface area contributed by atoms with Crippen LogP contribution in [0.3, 0.4) is 0 Å². The Bertz CT molecular complexity index is 1240. The van der Waals surface area contributed by atoms with Crippen LogP contribution in [0.5, 0.6) is 5.75 Å². The number of benzene rings is 3. The normalized spacial score (nSPS) is 16.5. The molecular weight excluding hydrogens is 474 g/mol. The van der Waals surface area contributed by atoms with E-state index in [1.165, 1.54) is 11.1 Å². The highest BCUT2D eigenvalue weighted by Crippen LogP contribution is 2.38. The minimum atomic E-state index is -0.941. The van der Waals surface area contributed by atoms with E-state index in [1.54, 1.807) is 23.1 Å². The van der Waals surface area contributed by atoms with Crippen LogP contribution in [0.2, 0.25) is 5.02 Å². The first-order chi connectivity index (χ1) is 17.1. The van der Waals surface area contributed by atoms with Gasteiger partial charge in [-0.2, -0.15) is 0 Å². The lowest BCUT2D eigenvalue weighted by molar-refractivity contribution is -0.137. The molecule has 0 unspecified atom stereocenters. The van der Waals surface area contributed by atoms with Crippen molar-refractivity contribution in [2.45, 2.75) is 58.1 Å². The lowest BCUT2D eigenvalue weighted by atomic mass is 9.90. The summed E-state index contributed by atoms with van der Waals surface area (Å²) < 4.78 is 6.34. The highest BCUT2D eigenvalue weighted by Gasteiger charge is 2.35. The minimum Gasteiger partial charge on any atom is -0.487 e. The number of fused-ring (bicyclic) bond motifs is 1. The molecule has 0 fully saturated rings. The van der Waals surface area contributed by atoms with Gasteiger partial charge in [0.1, 0.15) is 11.4 Å². The summed E-state index contributed by atoms with van der Waals surface area (Å²) in [4.78, 5) is 26.2. The van der Waals surface area contributed by atoms with E-state index in [0.717, 1.165) is 23.3 Å². The van der Waals surface area contributed by atoms with E-state index < -0.39 is 11.6 Å². The van der Waals surface area contributed by atoms with Gasteiger partial charge >= 0.3 is 5.97 Å². The molecule has 3 aromatic carbocycles. The van der Waals surface area contributed by atoms with Crippen molar-refractivity contribution in [3.8, 4) is 5.75 Å². The van der Waals surface area contributed by atoms with Crippen LogP contribution in [0.15, 0.2) is 66.7 Å². The number of amides is 1. The molecule has 0 spiro atoms. The van der Waals surface area contributed by atoms with Gasteiger partial charge in [0, 0.05) is 36.5 Å². The third-order valence-electron chi connectivity index (χ3n) is 6.62. The van der Waals surface area contributed by atoms with E-state index in [1.807, 2.05) is 24.3 Å². The predicted molar refractivity (Wildman–Crippen MR) is 142 cm³/mol. The molecule has 3 aromatic rings. The Labute approximate surface area is 217 Å². The lowest BCUT2D eigenvalue weighted by Crippen LogP contribution is -2.33. The van der Waals surface area contributed by atoms with E-state index >= 15 is 0 Å². The number of carboxylic acids is 1. The van der Waals surface area contributed by atoms with Crippen LogP contribution in [-0.2, 0) is 24.2 Å². The van der Waals surface area contributed by atoms with Crippen molar-refractivity contribution in [3.63, 3.8) is 0 Å². The fourth-order valence-electron chi connectivity index (χ4n) is 4.68. The first kappa shape index (κ1) is 25.8. The Morgan fingerprint density at radius 2 is 1.69 bits per heavy atom. The first-order valence-corrected chi connectivity index (χ1v) is 12.7. The summed E-state index contributed by atoms with van der Waals surface area (Å²) in [7, 11) is 0. The molecular formula is C30H32ClNO4. The van der Waals surface area contributed by atoms with Gasteiger partial charge in [-0.1, -0.05) is 61.8 Å². The van der Waals surface area contributed by atoms with Crippen LogP contribution in [0.1, 0.15) is 65.7 Å². The monoisotopic (exact) mass is 505 g/mol. The second kappa shape index (κ2) is 10.8. The van der Waals surface area contributed by atoms with Gasteiger partial charge in [0.2, 0.25) is 0 Å². The SMILES string of the molecule is CC(C)c1ccc(C[C@]2(C)Cc3cc(C(=O)N(CCC(=O)O)Cc4ccc(Cl)cc4)ccc3O2)cc1. The number of hydrogen-bond donors (Lipinski definition) is 1. The molecule has 5 nitrogen and oxygen atoms in total. The number of carboxylic acid groups (broad SMARTS) is 1. The van der Waals surface area contributed by atoms with Crippen molar-refractivity contribution in [3.05, 3.63) is 99.6 Å². The maximum atomic E-state index is 13.4. The van der Waals surface area contributed by atoms with Gasteiger partial charge in [-0.15, -0.1) is 0 Å². The average Bonchev–Trinajstić information content (AvgIpc) is 3.17. The minimum absolute atomic E-state index is 0.120. The molecule has 1 amide bonds. The molecule has 0 aliphatic carbocycles. The van der Waals surface area contributed by atoms with Crippen molar-refractivity contribution in [2.75, 3.05) is 6.54 Å². The summed E-state index contributed by atoms with van der Waals surface area (Å²) in [5, 5.41) is 9.80. The molecule has 36 heavy (non-hydrogen) atoms. The number of rotatable bonds is 9. The highest BCUT2D eigenvalue weighted by atomic mass is 35.5. The van der Waals surface area contributed by atoms with Crippen molar-refractivity contribution >= 4 is 23.5 Å². The fourth-order valence-corrected chi connectivity index (χ4v) is 4.81. The maximum Gasteiger partial charge on any atom is 0.305 e. The number of nitrogens with zero attached hydrogens (tertiary/aromatic N) is 1. The lowest BCUT2D eigenvalue weighted by Gasteiger charge is -2.24. The molecule has 4 rings (SSSR count). The molecule has 1 atom stereocenters. The third kappa shape index (κ3) is 6.27. The maximum absolute atomic E-state index is 13.4. The molecule has 1 aliphatic rings. The van der Waals surface area contributed by atoms with Gasteiger partial charge in [0.05, 0.1) is 6.42 Å². The Morgan fingerprint density at radius 3 is 2.33 bits per heavy atom. The Hall–Kier alpha value is -3.31. The Kier molecular flexibility index (Phi) is 7.70. The number of ether oxygens (including phenoxy) is 1. The molecule has 188 valence electrons. The molecule has 1 aliphatic heterocycles. The Morgan fingerprint density at radius 1 is 1.03 bits per heavy atom. The molecule has 0 aromatic heterocycles. The van der Waals surface area contributed by atoms with Crippen molar-refractivity contribution in [2.24, 2.45) is 0 Å². The van der Waals surface area contributed by atoms with Gasteiger partial charge in [0.15, 0.2) is 0 Å². The predicted octanol–water partition coefficient (Wildman–Crippen LogP) is 6.52. The third-order valence-corrected chi connectivity index (χ3v) is 6.87. The topological polar surface area (TPSA) is 66.8 Å². The van der Waals surface area contributed by atoms with E-state index in [9.17, 15) is 14.7 Å². The average molecular weight is 506 g/mol. The molecule has 0 saturated carbocycles. The van der Waals surface area contributed by atoms with Gasteiger partial charge in [-0.3, -0.25) is 9.59 Å². The molecule has 1 heterocycles. The summed E-state index contributed by atoms with van der Waals surface area (Å²) in [6.45, 7) is 6.90. The van der Waals surface area contributed by atoms with E-state index in [2.05, 4.69) is 45.0 Å². The molecule has 0 bridgehead atoms. The van der Waals surface area contributed by atoms with Crippen LogP contribution >= 0.6 is 11.6 Å². The summed E-state index contributed by atoms with van der Waals surface area (Å²) in [6, 6.07) is 21.4. The van der Waals surface area contributed by atoms with Gasteiger partial charge in [0.25, 0.3) is 5.91 Å². The van der Waals surface area contributed by atoms with Crippen LogP contribution in [0.25, 0.3) is 0 Å². The van der Waals surface area contributed by atoms with Crippen molar-refractivity contribution in [1.82, 2.24) is 4.90 Å². The highest BCUT2D eigenvalue weighted by molar-refractivity contribution is 6.30. The molecule has 0 saturated heterocycles. The van der Waals surface area contributed by atoms with E-state index in [-0.39, 0.29) is 18.9 Å². The number of carbonyl (C=O) groups excluding carboxylic acids is 1. The first-order valence-electron chi connectivity index (χ1n) is 12.3. The van der Waals surface area contributed by atoms with Crippen molar-refractivity contribution in [1.29, 1.82) is 0 Å². The van der Waals surface area contributed by atoms with Gasteiger partial charge in [-0.05, 0) is 65.4 Å². The zero-order valence-electron chi connectivity index (χ0n) is 21.0. The van der Waals surface area contributed by atoms with Crippen molar-refractivity contribution < 1.29 is 19.4 Å². The molecule has 6 heteroatoms. The van der Waals surface area contributed by atoms with E-state index in [0.29, 0.717) is 29.5 Å². The number of halogens is 1. The Balaban J connectivity index is 1.49. The summed E-state index contributed by atoms with van der Waals surface area (Å²) in [5.41, 5.74) is 4.55. The molecule has 0 radical (unpaired) electrons. The number of aliphatic carboxylic acids is 1. The molecule has 1 N–H and O–H groups in total. The zero-order chi connectivity index (χ0) is 25.9. The summed E-state index contributed by atoms with van der Waals surface area (Å²) in [5.74, 6) is 0.144. The fraction of sp³-hybridized carbons (Fsp3) is 0.333. The standard InChI is InChI=1S/C30H32ClNO4/c1-20(2)23-8-4-21(5-9-23)17-30(3)18-25-16-24(10-13-27(25)36-30)29(35)32(15-14-28(33)34)19-22-6-11-26(31)12-7-22/h4-13,16,20H,14-15,17-19H2,1-3H3,(H,33,34)/t30-/m1/s1. The van der Waals surface area contributed by atoms with Gasteiger partial charge in [-0.25, -0.2) is 0 Å². The van der Waals surface area contributed by atoms with Gasteiger partial charge < -0.3 is 14.7 Å². The van der Waals surface area contributed by atoms with E-state index in [4.69, 9.17) is 16.3 Å².